The number of carbonyl (C=O) groups excluding carboxylic acids is 5. The number of ether oxygens (including phenoxy) is 1. The molecule has 0 saturated carbocycles. The number of nitrogens with zero attached hydrogens (tertiary/aromatic N) is 2. The number of halogens is 1. The Balaban J connectivity index is 2.11. The van der Waals surface area contributed by atoms with Crippen molar-refractivity contribution in [1.29, 1.82) is 0 Å². The SMILES string of the molecule is CC(C)C[C@@H](C(=O)CN(C[C@@H]1CCNC1=O)C(=O)CCl)N1CC[C@H](NC(=O)OC(C)(C)C)C1=O. The molecule has 192 valence electrons. The molecule has 2 saturated heterocycles. The first-order valence-electron chi connectivity index (χ1n) is 11.8. The van der Waals surface area contributed by atoms with Gasteiger partial charge in [0.2, 0.25) is 17.7 Å². The van der Waals surface area contributed by atoms with Crippen molar-refractivity contribution in [2.24, 2.45) is 11.8 Å². The number of carbonyl (C=O) groups is 5. The first kappa shape index (κ1) is 27.9. The second kappa shape index (κ2) is 11.9. The molecule has 2 heterocycles. The number of nitrogens with one attached hydrogen (secondary N) is 2. The van der Waals surface area contributed by atoms with E-state index in [1.165, 1.54) is 9.80 Å². The molecule has 2 N–H and O–H groups in total. The van der Waals surface area contributed by atoms with Crippen LogP contribution in [0, 0.1) is 11.8 Å². The maximum absolute atomic E-state index is 13.4. The van der Waals surface area contributed by atoms with Crippen molar-refractivity contribution in [1.82, 2.24) is 20.4 Å². The molecule has 11 heteroatoms. The van der Waals surface area contributed by atoms with Crippen LogP contribution in [0.2, 0.25) is 0 Å². The van der Waals surface area contributed by atoms with Gasteiger partial charge in [-0.3, -0.25) is 19.2 Å². The predicted molar refractivity (Wildman–Crippen MR) is 126 cm³/mol. The summed E-state index contributed by atoms with van der Waals surface area (Å²) in [4.78, 5) is 65.8. The summed E-state index contributed by atoms with van der Waals surface area (Å²) in [5.74, 6) is -1.82. The molecule has 2 fully saturated rings. The van der Waals surface area contributed by atoms with E-state index in [1.807, 2.05) is 13.8 Å². The van der Waals surface area contributed by atoms with Gasteiger partial charge in [0.25, 0.3) is 0 Å². The number of Topliss-reactive ketones (excluding diaryl/α,β-unsaturated/α-hetero) is 1. The van der Waals surface area contributed by atoms with Crippen molar-refractivity contribution in [3.05, 3.63) is 0 Å². The smallest absolute Gasteiger partial charge is 0.408 e. The van der Waals surface area contributed by atoms with E-state index in [0.717, 1.165) is 0 Å². The third-order valence-electron chi connectivity index (χ3n) is 5.79. The van der Waals surface area contributed by atoms with Crippen molar-refractivity contribution in [3.63, 3.8) is 0 Å². The number of ketones is 1. The lowest BCUT2D eigenvalue weighted by atomic mass is 9.98. The molecule has 0 radical (unpaired) electrons. The molecule has 2 aliphatic rings. The quantitative estimate of drug-likeness (QED) is 0.435. The van der Waals surface area contributed by atoms with Crippen molar-refractivity contribution >= 4 is 41.2 Å². The van der Waals surface area contributed by atoms with Gasteiger partial charge >= 0.3 is 6.09 Å². The number of alkyl carbamates (subject to hydrolysis) is 1. The van der Waals surface area contributed by atoms with Gasteiger partial charge in [0.05, 0.1) is 18.5 Å². The van der Waals surface area contributed by atoms with Gasteiger partial charge in [-0.15, -0.1) is 11.6 Å². The normalized spacial score (nSPS) is 21.4. The molecule has 4 amide bonds. The zero-order valence-electron chi connectivity index (χ0n) is 20.7. The van der Waals surface area contributed by atoms with Crippen LogP contribution in [0.5, 0.6) is 0 Å². The Morgan fingerprint density at radius 3 is 2.44 bits per heavy atom. The van der Waals surface area contributed by atoms with E-state index in [0.29, 0.717) is 32.4 Å². The fraction of sp³-hybridized carbons (Fsp3) is 0.783. The molecule has 0 aromatic carbocycles. The molecule has 0 aliphatic carbocycles. The average molecular weight is 501 g/mol. The summed E-state index contributed by atoms with van der Waals surface area (Å²) < 4.78 is 5.24. The second-order valence-corrected chi connectivity index (χ2v) is 10.6. The zero-order chi connectivity index (χ0) is 25.6. The number of hydrogen-bond donors (Lipinski definition) is 2. The lowest BCUT2D eigenvalue weighted by Crippen LogP contribution is -2.51. The van der Waals surface area contributed by atoms with E-state index in [9.17, 15) is 24.0 Å². The van der Waals surface area contributed by atoms with Crippen LogP contribution in [0.1, 0.15) is 53.9 Å². The minimum absolute atomic E-state index is 0.105. The van der Waals surface area contributed by atoms with E-state index in [4.69, 9.17) is 16.3 Å². The van der Waals surface area contributed by atoms with Gasteiger partial charge in [-0.25, -0.2) is 4.79 Å². The predicted octanol–water partition coefficient (Wildman–Crippen LogP) is 1.30. The van der Waals surface area contributed by atoms with Gasteiger partial charge in [-0.1, -0.05) is 13.8 Å². The van der Waals surface area contributed by atoms with Crippen molar-refractivity contribution < 1.29 is 28.7 Å². The van der Waals surface area contributed by atoms with Crippen molar-refractivity contribution in [3.8, 4) is 0 Å². The second-order valence-electron chi connectivity index (χ2n) is 10.3. The van der Waals surface area contributed by atoms with Gasteiger partial charge in [0.15, 0.2) is 5.78 Å². The molecule has 0 unspecified atom stereocenters. The molecule has 2 rings (SSSR count). The lowest BCUT2D eigenvalue weighted by molar-refractivity contribution is -0.141. The van der Waals surface area contributed by atoms with Crippen LogP contribution in [0.4, 0.5) is 4.79 Å². The summed E-state index contributed by atoms with van der Waals surface area (Å²) in [6.07, 6.45) is 0.661. The Kier molecular flexibility index (Phi) is 9.73. The van der Waals surface area contributed by atoms with Crippen LogP contribution in [-0.4, -0.2) is 89.1 Å². The molecular formula is C23H37ClN4O6. The third kappa shape index (κ3) is 7.85. The molecule has 3 atom stereocenters. The van der Waals surface area contributed by atoms with Crippen LogP contribution < -0.4 is 10.6 Å². The van der Waals surface area contributed by atoms with E-state index in [-0.39, 0.29) is 48.4 Å². The van der Waals surface area contributed by atoms with Gasteiger partial charge < -0.3 is 25.2 Å². The lowest BCUT2D eigenvalue weighted by Gasteiger charge is -2.31. The number of likely N-dealkylation sites (tertiary alicyclic amines) is 1. The first-order valence-corrected chi connectivity index (χ1v) is 12.3. The summed E-state index contributed by atoms with van der Waals surface area (Å²) in [6, 6.07) is -1.53. The van der Waals surface area contributed by atoms with Crippen molar-refractivity contribution in [2.45, 2.75) is 71.6 Å². The number of hydrogen-bond acceptors (Lipinski definition) is 6. The Labute approximate surface area is 206 Å². The summed E-state index contributed by atoms with van der Waals surface area (Å²) >= 11 is 5.76. The fourth-order valence-electron chi connectivity index (χ4n) is 4.19. The number of amides is 4. The van der Waals surface area contributed by atoms with Crippen LogP contribution in [0.25, 0.3) is 0 Å². The van der Waals surface area contributed by atoms with Gasteiger partial charge in [-0.05, 0) is 46.0 Å². The highest BCUT2D eigenvalue weighted by molar-refractivity contribution is 6.27. The van der Waals surface area contributed by atoms with Crippen LogP contribution in [0.15, 0.2) is 0 Å². The third-order valence-corrected chi connectivity index (χ3v) is 6.02. The summed E-state index contributed by atoms with van der Waals surface area (Å²) in [5, 5.41) is 5.32. The van der Waals surface area contributed by atoms with Gasteiger partial charge in [0.1, 0.15) is 17.5 Å². The molecule has 10 nitrogen and oxygen atoms in total. The number of alkyl halides is 1. The minimum Gasteiger partial charge on any atom is -0.444 e. The highest BCUT2D eigenvalue weighted by Gasteiger charge is 2.41. The zero-order valence-corrected chi connectivity index (χ0v) is 21.4. The molecule has 2 aliphatic heterocycles. The number of rotatable bonds is 10. The topological polar surface area (TPSA) is 125 Å². The fourth-order valence-corrected chi connectivity index (χ4v) is 4.36. The van der Waals surface area contributed by atoms with Gasteiger partial charge in [-0.2, -0.15) is 0 Å². The van der Waals surface area contributed by atoms with E-state index in [2.05, 4.69) is 10.6 Å². The molecule has 0 aromatic rings. The molecule has 0 aromatic heterocycles. The first-order chi connectivity index (χ1) is 15.8. The Morgan fingerprint density at radius 1 is 1.24 bits per heavy atom. The monoisotopic (exact) mass is 500 g/mol. The summed E-state index contributed by atoms with van der Waals surface area (Å²) in [5.41, 5.74) is -0.698. The largest absolute Gasteiger partial charge is 0.444 e. The van der Waals surface area contributed by atoms with Crippen LogP contribution >= 0.6 is 11.6 Å². The molecule has 0 bridgehead atoms. The Morgan fingerprint density at radius 2 is 1.91 bits per heavy atom. The molecular weight excluding hydrogens is 464 g/mol. The molecule has 0 spiro atoms. The van der Waals surface area contributed by atoms with E-state index >= 15 is 0 Å². The maximum Gasteiger partial charge on any atom is 0.408 e. The maximum atomic E-state index is 13.4. The Bertz CT molecular complexity index is 797. The molecule has 34 heavy (non-hydrogen) atoms. The van der Waals surface area contributed by atoms with Gasteiger partial charge in [0, 0.05) is 19.6 Å². The van der Waals surface area contributed by atoms with Crippen molar-refractivity contribution in [2.75, 3.05) is 32.1 Å². The highest BCUT2D eigenvalue weighted by atomic mass is 35.5. The summed E-state index contributed by atoms with van der Waals surface area (Å²) in [7, 11) is 0. The highest BCUT2D eigenvalue weighted by Crippen LogP contribution is 2.22. The average Bonchev–Trinajstić information content (AvgIpc) is 3.29. The minimum atomic E-state index is -0.778. The van der Waals surface area contributed by atoms with E-state index in [1.54, 1.807) is 20.8 Å². The standard InChI is InChI=1S/C23H37ClN4O6/c1-14(2)10-17(28-9-7-16(21(28)32)26-22(33)34-23(3,4)5)18(29)13-27(19(30)11-24)12-15-6-8-25-20(15)31/h14-17H,6-13H2,1-5H3,(H,25,31)(H,26,33)/t15-,16-,17-/m0/s1. The Hall–Kier alpha value is -2.36. The van der Waals surface area contributed by atoms with Crippen LogP contribution in [0.3, 0.4) is 0 Å². The summed E-state index contributed by atoms with van der Waals surface area (Å²) in [6.45, 7) is 9.79. The van der Waals surface area contributed by atoms with E-state index < -0.39 is 29.7 Å². The van der Waals surface area contributed by atoms with Crippen LogP contribution in [-0.2, 0) is 23.9 Å².